The highest BCUT2D eigenvalue weighted by Crippen LogP contribution is 2.16. The number of ether oxygens (including phenoxy) is 1. The summed E-state index contributed by atoms with van der Waals surface area (Å²) in [6.45, 7) is 6.36. The molecule has 0 aromatic heterocycles. The fraction of sp³-hybridized carbons (Fsp3) is 0.611. The largest absolute Gasteiger partial charge is 0.384 e. The molecule has 6 nitrogen and oxygen atoms in total. The van der Waals surface area contributed by atoms with E-state index in [1.165, 1.54) is 6.26 Å². The SMILES string of the molecule is CCNC(=NCCc1ccc(S(C)(=O)=O)cc1)N1CCC(COC)C1.I. The minimum atomic E-state index is -3.14. The average Bonchev–Trinajstić information content (AvgIpc) is 3.02. The van der Waals surface area contributed by atoms with Crippen molar-refractivity contribution < 1.29 is 13.2 Å². The van der Waals surface area contributed by atoms with Crippen LogP contribution >= 0.6 is 24.0 Å². The van der Waals surface area contributed by atoms with Gasteiger partial charge in [-0.3, -0.25) is 4.99 Å². The number of rotatable bonds is 7. The summed E-state index contributed by atoms with van der Waals surface area (Å²) in [6.07, 6.45) is 3.14. The standard InChI is InChI=1S/C18H29N3O3S.HI/c1-4-19-18(21-12-10-16(13-21)14-24-2)20-11-9-15-5-7-17(8-6-15)25(3,22)23;/h5-8,16H,4,9-14H2,1-3H3,(H,19,20);1H. The van der Waals surface area contributed by atoms with E-state index >= 15 is 0 Å². The van der Waals surface area contributed by atoms with Gasteiger partial charge in [-0.05, 0) is 37.5 Å². The molecule has 148 valence electrons. The number of methoxy groups -OCH3 is 1. The van der Waals surface area contributed by atoms with Crippen molar-refractivity contribution in [1.82, 2.24) is 10.2 Å². The number of nitrogens with one attached hydrogen (secondary N) is 1. The van der Waals surface area contributed by atoms with E-state index in [1.54, 1.807) is 19.2 Å². The van der Waals surface area contributed by atoms with Crippen molar-refractivity contribution >= 4 is 39.8 Å². The number of nitrogens with zero attached hydrogens (tertiary/aromatic N) is 2. The lowest BCUT2D eigenvalue weighted by Crippen LogP contribution is -2.40. The summed E-state index contributed by atoms with van der Waals surface area (Å²) in [6, 6.07) is 7.05. The molecule has 0 spiro atoms. The molecule has 1 aliphatic heterocycles. The molecule has 0 radical (unpaired) electrons. The van der Waals surface area contributed by atoms with Crippen LogP contribution in [0.3, 0.4) is 0 Å². The molecule has 2 rings (SSSR count). The van der Waals surface area contributed by atoms with Gasteiger partial charge in [0.25, 0.3) is 0 Å². The predicted molar refractivity (Wildman–Crippen MR) is 116 cm³/mol. The molecule has 8 heteroatoms. The molecule has 1 saturated heterocycles. The molecule has 0 saturated carbocycles. The molecule has 0 bridgehead atoms. The summed E-state index contributed by atoms with van der Waals surface area (Å²) in [5.41, 5.74) is 1.09. The van der Waals surface area contributed by atoms with Crippen molar-refractivity contribution in [3.8, 4) is 0 Å². The maximum absolute atomic E-state index is 11.5. The Labute approximate surface area is 174 Å². The number of hydrogen-bond donors (Lipinski definition) is 1. The molecule has 1 heterocycles. The summed E-state index contributed by atoms with van der Waals surface area (Å²) in [4.78, 5) is 7.38. The second kappa shape index (κ2) is 11.1. The molecule has 1 aromatic rings. The average molecular weight is 495 g/mol. The first-order valence-electron chi connectivity index (χ1n) is 8.75. The summed E-state index contributed by atoms with van der Waals surface area (Å²) in [5, 5.41) is 3.36. The van der Waals surface area contributed by atoms with E-state index < -0.39 is 9.84 Å². The van der Waals surface area contributed by atoms with Crippen LogP contribution in [0.1, 0.15) is 18.9 Å². The Hall–Kier alpha value is -0.870. The number of halogens is 1. The van der Waals surface area contributed by atoms with Crippen LogP contribution in [0.25, 0.3) is 0 Å². The van der Waals surface area contributed by atoms with Crippen LogP contribution in [0, 0.1) is 5.92 Å². The lowest BCUT2D eigenvalue weighted by Gasteiger charge is -2.21. The third-order valence-corrected chi connectivity index (χ3v) is 5.46. The molecule has 0 amide bonds. The molecule has 1 fully saturated rings. The third-order valence-electron chi connectivity index (χ3n) is 4.34. The Bertz CT molecular complexity index is 677. The number of hydrogen-bond acceptors (Lipinski definition) is 4. The zero-order valence-electron chi connectivity index (χ0n) is 15.8. The number of likely N-dealkylation sites (tertiary alicyclic amines) is 1. The molecule has 1 aromatic carbocycles. The molecule has 1 atom stereocenters. The van der Waals surface area contributed by atoms with E-state index in [2.05, 4.69) is 17.1 Å². The zero-order chi connectivity index (χ0) is 18.3. The van der Waals surface area contributed by atoms with Crippen molar-refractivity contribution in [2.45, 2.75) is 24.7 Å². The Balaban J connectivity index is 0.00000338. The smallest absolute Gasteiger partial charge is 0.193 e. The van der Waals surface area contributed by atoms with Crippen LogP contribution < -0.4 is 5.32 Å². The second-order valence-electron chi connectivity index (χ2n) is 6.46. The van der Waals surface area contributed by atoms with Gasteiger partial charge < -0.3 is 15.0 Å². The van der Waals surface area contributed by atoms with Crippen molar-refractivity contribution in [1.29, 1.82) is 0 Å². The van der Waals surface area contributed by atoms with Crippen LogP contribution in [0.15, 0.2) is 34.2 Å². The number of aliphatic imine (C=N–C) groups is 1. The maximum Gasteiger partial charge on any atom is 0.193 e. The molecule has 1 N–H and O–H groups in total. The lowest BCUT2D eigenvalue weighted by molar-refractivity contribution is 0.157. The van der Waals surface area contributed by atoms with Gasteiger partial charge in [0.05, 0.1) is 11.5 Å². The van der Waals surface area contributed by atoms with E-state index in [9.17, 15) is 8.42 Å². The van der Waals surface area contributed by atoms with Gasteiger partial charge in [0.2, 0.25) is 0 Å². The van der Waals surface area contributed by atoms with Gasteiger partial charge >= 0.3 is 0 Å². The first kappa shape index (κ1) is 23.2. The summed E-state index contributed by atoms with van der Waals surface area (Å²) >= 11 is 0. The summed E-state index contributed by atoms with van der Waals surface area (Å²) < 4.78 is 28.2. The molecular formula is C18H30IN3O3S. The summed E-state index contributed by atoms with van der Waals surface area (Å²) in [7, 11) is -1.39. The van der Waals surface area contributed by atoms with Gasteiger partial charge in [-0.2, -0.15) is 0 Å². The predicted octanol–water partition coefficient (Wildman–Crippen LogP) is 2.18. The Kier molecular flexibility index (Phi) is 9.88. The monoisotopic (exact) mass is 495 g/mol. The van der Waals surface area contributed by atoms with Gasteiger partial charge in [-0.25, -0.2) is 8.42 Å². The number of benzene rings is 1. The van der Waals surface area contributed by atoms with E-state index in [-0.39, 0.29) is 24.0 Å². The van der Waals surface area contributed by atoms with Gasteiger partial charge in [0, 0.05) is 45.5 Å². The van der Waals surface area contributed by atoms with E-state index in [0.717, 1.165) is 50.6 Å². The van der Waals surface area contributed by atoms with Crippen LogP contribution in [0.4, 0.5) is 0 Å². The maximum atomic E-state index is 11.5. The first-order valence-corrected chi connectivity index (χ1v) is 10.6. The van der Waals surface area contributed by atoms with Gasteiger partial charge in [0.15, 0.2) is 15.8 Å². The molecule has 0 aliphatic carbocycles. The third kappa shape index (κ3) is 7.03. The summed E-state index contributed by atoms with van der Waals surface area (Å²) in [5.74, 6) is 1.52. The van der Waals surface area contributed by atoms with Crippen LogP contribution in [-0.4, -0.2) is 65.4 Å². The fourth-order valence-electron chi connectivity index (χ4n) is 3.02. The second-order valence-corrected chi connectivity index (χ2v) is 8.47. The minimum Gasteiger partial charge on any atom is -0.384 e. The Morgan fingerprint density at radius 1 is 1.35 bits per heavy atom. The minimum absolute atomic E-state index is 0. The normalized spacial score (nSPS) is 17.9. The highest BCUT2D eigenvalue weighted by atomic mass is 127. The zero-order valence-corrected chi connectivity index (χ0v) is 18.9. The van der Waals surface area contributed by atoms with Crippen LogP contribution in [0.2, 0.25) is 0 Å². The number of guanidine groups is 1. The topological polar surface area (TPSA) is 71.0 Å². The Morgan fingerprint density at radius 3 is 2.62 bits per heavy atom. The number of sulfone groups is 1. The van der Waals surface area contributed by atoms with E-state index in [1.807, 2.05) is 12.1 Å². The fourth-order valence-corrected chi connectivity index (χ4v) is 3.65. The highest BCUT2D eigenvalue weighted by Gasteiger charge is 2.24. The first-order chi connectivity index (χ1) is 11.9. The quantitative estimate of drug-likeness (QED) is 0.357. The highest BCUT2D eigenvalue weighted by molar-refractivity contribution is 14.0. The Morgan fingerprint density at radius 2 is 2.04 bits per heavy atom. The molecule has 1 aliphatic rings. The van der Waals surface area contributed by atoms with E-state index in [4.69, 9.17) is 9.73 Å². The van der Waals surface area contributed by atoms with Crippen LogP contribution in [0.5, 0.6) is 0 Å². The van der Waals surface area contributed by atoms with E-state index in [0.29, 0.717) is 17.4 Å². The molecule has 26 heavy (non-hydrogen) atoms. The van der Waals surface area contributed by atoms with Crippen molar-refractivity contribution in [2.24, 2.45) is 10.9 Å². The molecular weight excluding hydrogens is 465 g/mol. The van der Waals surface area contributed by atoms with Crippen molar-refractivity contribution in [3.05, 3.63) is 29.8 Å². The van der Waals surface area contributed by atoms with Crippen molar-refractivity contribution in [3.63, 3.8) is 0 Å². The lowest BCUT2D eigenvalue weighted by atomic mass is 10.1. The van der Waals surface area contributed by atoms with Crippen molar-refractivity contribution in [2.75, 3.05) is 46.2 Å². The van der Waals surface area contributed by atoms with Gasteiger partial charge in [-0.15, -0.1) is 24.0 Å². The molecule has 1 unspecified atom stereocenters. The van der Waals surface area contributed by atoms with Gasteiger partial charge in [-0.1, -0.05) is 12.1 Å². The van der Waals surface area contributed by atoms with Gasteiger partial charge in [0.1, 0.15) is 0 Å². The van der Waals surface area contributed by atoms with Crippen LogP contribution in [-0.2, 0) is 21.0 Å².